The van der Waals surface area contributed by atoms with Crippen molar-refractivity contribution in [3.8, 4) is 0 Å². The maximum Gasteiger partial charge on any atom is 0.153 e. The number of hydrogen-bond acceptors (Lipinski definition) is 6. The number of fused-ring (bicyclic) bond motifs is 1. The van der Waals surface area contributed by atoms with Crippen LogP contribution in [0.1, 0.15) is 44.3 Å². The summed E-state index contributed by atoms with van der Waals surface area (Å²) in [5.41, 5.74) is 2.19. The number of methoxy groups -OCH3 is 1. The molecule has 0 saturated carbocycles. The summed E-state index contributed by atoms with van der Waals surface area (Å²) in [7, 11) is 1.67. The van der Waals surface area contributed by atoms with Crippen molar-refractivity contribution in [1.82, 2.24) is 20.2 Å². The van der Waals surface area contributed by atoms with Crippen molar-refractivity contribution in [1.29, 1.82) is 0 Å². The van der Waals surface area contributed by atoms with Crippen LogP contribution in [-0.2, 0) is 16.8 Å². The van der Waals surface area contributed by atoms with E-state index in [0.717, 1.165) is 45.4 Å². The van der Waals surface area contributed by atoms with Crippen LogP contribution < -0.4 is 5.32 Å². The van der Waals surface area contributed by atoms with E-state index in [2.05, 4.69) is 52.3 Å². The molecule has 7 heteroatoms. The van der Waals surface area contributed by atoms with Crippen LogP contribution in [0, 0.1) is 0 Å². The second-order valence-electron chi connectivity index (χ2n) is 6.14. The van der Waals surface area contributed by atoms with Gasteiger partial charge in [0.25, 0.3) is 0 Å². The molecule has 2 N–H and O–H groups in total. The first-order valence-electron chi connectivity index (χ1n) is 8.15. The molecular formula is C17H23N5OS. The van der Waals surface area contributed by atoms with Crippen molar-refractivity contribution in [2.45, 2.75) is 45.6 Å². The third kappa shape index (κ3) is 3.27. The highest BCUT2D eigenvalue weighted by Gasteiger charge is 2.24. The highest BCUT2D eigenvalue weighted by Crippen LogP contribution is 2.31. The maximum absolute atomic E-state index is 5.14. The number of pyridine rings is 1. The molecule has 24 heavy (non-hydrogen) atoms. The van der Waals surface area contributed by atoms with E-state index in [1.165, 1.54) is 0 Å². The van der Waals surface area contributed by atoms with Crippen LogP contribution in [0.2, 0.25) is 0 Å². The molecule has 0 bridgehead atoms. The molecule has 3 aromatic rings. The van der Waals surface area contributed by atoms with Crippen LogP contribution in [0.4, 0.5) is 11.6 Å². The molecule has 0 spiro atoms. The smallest absolute Gasteiger partial charge is 0.153 e. The lowest BCUT2D eigenvalue weighted by molar-refractivity contribution is 0.185. The predicted octanol–water partition coefficient (Wildman–Crippen LogP) is 4.38. The zero-order valence-corrected chi connectivity index (χ0v) is 15.3. The predicted molar refractivity (Wildman–Crippen MR) is 97.9 cm³/mol. The standard InChI is InChI=1S/C17H23N5OS/c1-5-17(3,6-2)13-8-15(22-21-13)20-14-7-11-12(9-18-14)24-16(19-11)10-23-4/h7-9H,5-6,10H2,1-4H3,(H2,18,20,21,22). The van der Waals surface area contributed by atoms with E-state index in [1.54, 1.807) is 18.4 Å². The van der Waals surface area contributed by atoms with E-state index < -0.39 is 0 Å². The fourth-order valence-electron chi connectivity index (χ4n) is 2.59. The fourth-order valence-corrected chi connectivity index (χ4v) is 3.48. The number of rotatable bonds is 7. The topological polar surface area (TPSA) is 75.7 Å². The van der Waals surface area contributed by atoms with Gasteiger partial charge in [0.15, 0.2) is 5.82 Å². The molecule has 6 nitrogen and oxygen atoms in total. The van der Waals surface area contributed by atoms with E-state index in [0.29, 0.717) is 6.61 Å². The second-order valence-corrected chi connectivity index (χ2v) is 7.25. The van der Waals surface area contributed by atoms with Gasteiger partial charge in [-0.3, -0.25) is 5.10 Å². The van der Waals surface area contributed by atoms with Crippen molar-refractivity contribution >= 4 is 33.2 Å². The molecule has 0 saturated heterocycles. The van der Waals surface area contributed by atoms with Crippen LogP contribution in [0.25, 0.3) is 10.2 Å². The van der Waals surface area contributed by atoms with Crippen LogP contribution in [0.15, 0.2) is 18.3 Å². The number of aromatic nitrogens is 4. The number of nitrogens with zero attached hydrogens (tertiary/aromatic N) is 3. The summed E-state index contributed by atoms with van der Waals surface area (Å²) in [6.07, 6.45) is 3.97. The minimum Gasteiger partial charge on any atom is -0.378 e. The summed E-state index contributed by atoms with van der Waals surface area (Å²) >= 11 is 1.60. The first-order valence-corrected chi connectivity index (χ1v) is 8.97. The monoisotopic (exact) mass is 345 g/mol. The molecule has 3 aromatic heterocycles. The summed E-state index contributed by atoms with van der Waals surface area (Å²) in [4.78, 5) is 9.01. The molecular weight excluding hydrogens is 322 g/mol. The van der Waals surface area contributed by atoms with Gasteiger partial charge in [-0.05, 0) is 12.8 Å². The number of H-pyrrole nitrogens is 1. The normalized spacial score (nSPS) is 12.0. The van der Waals surface area contributed by atoms with Gasteiger partial charge in [-0.1, -0.05) is 20.8 Å². The Balaban J connectivity index is 1.81. The molecule has 3 heterocycles. The van der Waals surface area contributed by atoms with Gasteiger partial charge in [0.05, 0.1) is 16.8 Å². The number of ether oxygens (including phenoxy) is 1. The Morgan fingerprint density at radius 2 is 2.04 bits per heavy atom. The first-order chi connectivity index (χ1) is 11.6. The second kappa shape index (κ2) is 6.86. The lowest BCUT2D eigenvalue weighted by Gasteiger charge is -2.24. The van der Waals surface area contributed by atoms with E-state index >= 15 is 0 Å². The van der Waals surface area contributed by atoms with E-state index in [4.69, 9.17) is 4.74 Å². The summed E-state index contributed by atoms with van der Waals surface area (Å²) in [6, 6.07) is 4.01. The lowest BCUT2D eigenvalue weighted by atomic mass is 9.81. The van der Waals surface area contributed by atoms with E-state index in [-0.39, 0.29) is 5.41 Å². The number of nitrogens with one attached hydrogen (secondary N) is 2. The Labute approximate surface area is 145 Å². The molecule has 0 atom stereocenters. The minimum atomic E-state index is 0.119. The molecule has 3 rings (SSSR count). The van der Waals surface area contributed by atoms with Gasteiger partial charge in [-0.25, -0.2) is 9.97 Å². The minimum absolute atomic E-state index is 0.119. The number of thiazole rings is 1. The molecule has 0 unspecified atom stereocenters. The Bertz CT molecular complexity index is 821. The van der Waals surface area contributed by atoms with E-state index in [1.807, 2.05) is 12.3 Å². The fraction of sp³-hybridized carbons (Fsp3) is 0.471. The van der Waals surface area contributed by atoms with Gasteiger partial charge in [0.2, 0.25) is 0 Å². The molecule has 0 amide bonds. The van der Waals surface area contributed by atoms with Gasteiger partial charge in [-0.2, -0.15) is 5.10 Å². The summed E-state index contributed by atoms with van der Waals surface area (Å²) in [6.45, 7) is 7.18. The Morgan fingerprint density at radius 1 is 1.25 bits per heavy atom. The van der Waals surface area contributed by atoms with Crippen molar-refractivity contribution < 1.29 is 4.74 Å². The summed E-state index contributed by atoms with van der Waals surface area (Å²) in [5, 5.41) is 11.7. The largest absolute Gasteiger partial charge is 0.378 e. The first kappa shape index (κ1) is 16.9. The molecule has 0 aliphatic rings. The average molecular weight is 345 g/mol. The zero-order chi connectivity index (χ0) is 17.2. The molecule has 0 radical (unpaired) electrons. The molecule has 0 aliphatic carbocycles. The van der Waals surface area contributed by atoms with Crippen LogP contribution in [0.5, 0.6) is 0 Å². The van der Waals surface area contributed by atoms with Gasteiger partial charge < -0.3 is 10.1 Å². The van der Waals surface area contributed by atoms with Crippen LogP contribution in [-0.4, -0.2) is 27.3 Å². The molecule has 128 valence electrons. The quantitative estimate of drug-likeness (QED) is 0.664. The average Bonchev–Trinajstić information content (AvgIpc) is 3.21. The molecule has 0 fully saturated rings. The third-order valence-corrected chi connectivity index (χ3v) is 5.61. The van der Waals surface area contributed by atoms with E-state index in [9.17, 15) is 0 Å². The lowest BCUT2D eigenvalue weighted by Crippen LogP contribution is -2.19. The summed E-state index contributed by atoms with van der Waals surface area (Å²) < 4.78 is 6.19. The number of anilines is 2. The van der Waals surface area contributed by atoms with Crippen molar-refractivity contribution in [2.75, 3.05) is 12.4 Å². The summed E-state index contributed by atoms with van der Waals surface area (Å²) in [5.74, 6) is 1.52. The zero-order valence-electron chi connectivity index (χ0n) is 14.5. The van der Waals surface area contributed by atoms with Gasteiger partial charge >= 0.3 is 0 Å². The highest BCUT2D eigenvalue weighted by molar-refractivity contribution is 7.18. The third-order valence-electron chi connectivity index (χ3n) is 4.63. The van der Waals surface area contributed by atoms with Crippen molar-refractivity contribution in [3.05, 3.63) is 29.0 Å². The van der Waals surface area contributed by atoms with Crippen LogP contribution >= 0.6 is 11.3 Å². The number of aromatic amines is 1. The Hall–Kier alpha value is -1.99. The SMILES string of the molecule is CCC(C)(CC)c1cc(Nc2cc3nc(COC)sc3cn2)n[nH]1. The van der Waals surface area contributed by atoms with Crippen molar-refractivity contribution in [2.24, 2.45) is 0 Å². The maximum atomic E-state index is 5.14. The Kier molecular flexibility index (Phi) is 4.82. The van der Waals surface area contributed by atoms with Crippen molar-refractivity contribution in [3.63, 3.8) is 0 Å². The van der Waals surface area contributed by atoms with Gasteiger partial charge in [-0.15, -0.1) is 11.3 Å². The molecule has 0 aromatic carbocycles. The molecule has 0 aliphatic heterocycles. The number of hydrogen-bond donors (Lipinski definition) is 2. The van der Waals surface area contributed by atoms with Gasteiger partial charge in [0, 0.05) is 36.5 Å². The Morgan fingerprint density at radius 3 is 2.75 bits per heavy atom. The van der Waals surface area contributed by atoms with Crippen LogP contribution in [0.3, 0.4) is 0 Å². The van der Waals surface area contributed by atoms with Gasteiger partial charge in [0.1, 0.15) is 10.8 Å². The highest BCUT2D eigenvalue weighted by atomic mass is 32.1.